The minimum Gasteiger partial charge on any atom is -0.310 e. The van der Waals surface area contributed by atoms with E-state index in [4.69, 9.17) is 0 Å². The van der Waals surface area contributed by atoms with Crippen molar-refractivity contribution in [2.75, 3.05) is 26.2 Å². The molecular weight excluding hydrogens is 284 g/mol. The summed E-state index contributed by atoms with van der Waals surface area (Å²) in [5, 5.41) is 5.31. The van der Waals surface area contributed by atoms with E-state index in [0.29, 0.717) is 17.2 Å². The van der Waals surface area contributed by atoms with Crippen LogP contribution in [-0.2, 0) is 6.54 Å². The summed E-state index contributed by atoms with van der Waals surface area (Å²) in [6.07, 6.45) is 2.68. The van der Waals surface area contributed by atoms with Crippen molar-refractivity contribution in [2.45, 2.75) is 26.3 Å². The number of fused-ring (bicyclic) bond motifs is 1. The van der Waals surface area contributed by atoms with Crippen molar-refractivity contribution in [1.29, 1.82) is 0 Å². The van der Waals surface area contributed by atoms with Crippen LogP contribution < -0.4 is 10.9 Å². The van der Waals surface area contributed by atoms with Gasteiger partial charge in [-0.05, 0) is 49.8 Å². The number of aromatic nitrogens is 2. The first kappa shape index (κ1) is 14.7. The Balaban J connectivity index is 1.50. The molecule has 2 aromatic rings. The Morgan fingerprint density at radius 1 is 1.48 bits per heavy atom. The SMILES string of the molecule is CC(CNCc1nc2ccsc2c(=O)[nH]1)CN1CCCC1. The summed E-state index contributed by atoms with van der Waals surface area (Å²) >= 11 is 1.44. The second-order valence-electron chi connectivity index (χ2n) is 5.89. The van der Waals surface area contributed by atoms with Gasteiger partial charge in [-0.3, -0.25) is 4.79 Å². The average Bonchev–Trinajstić information content (AvgIpc) is 3.09. The Morgan fingerprint density at radius 3 is 3.10 bits per heavy atom. The molecule has 0 amide bonds. The Kier molecular flexibility index (Phi) is 4.67. The van der Waals surface area contributed by atoms with Crippen molar-refractivity contribution >= 4 is 21.6 Å². The lowest BCUT2D eigenvalue weighted by molar-refractivity contribution is 0.282. The third-order valence-corrected chi connectivity index (χ3v) is 4.82. The molecule has 6 heteroatoms. The normalized spacial score (nSPS) is 17.6. The number of hydrogen-bond acceptors (Lipinski definition) is 5. The number of hydrogen-bond donors (Lipinski definition) is 2. The van der Waals surface area contributed by atoms with Crippen molar-refractivity contribution in [3.8, 4) is 0 Å². The molecule has 0 radical (unpaired) electrons. The fraction of sp³-hybridized carbons (Fsp3) is 0.600. The Hall–Kier alpha value is -1.24. The molecule has 5 nitrogen and oxygen atoms in total. The van der Waals surface area contributed by atoms with Crippen molar-refractivity contribution in [3.05, 3.63) is 27.6 Å². The highest BCUT2D eigenvalue weighted by Gasteiger charge is 2.14. The molecule has 0 aromatic carbocycles. The molecule has 114 valence electrons. The van der Waals surface area contributed by atoms with E-state index in [1.807, 2.05) is 11.4 Å². The highest BCUT2D eigenvalue weighted by molar-refractivity contribution is 7.17. The van der Waals surface area contributed by atoms with Gasteiger partial charge in [0.25, 0.3) is 5.56 Å². The first-order chi connectivity index (χ1) is 10.2. The minimum atomic E-state index is -0.0306. The van der Waals surface area contributed by atoms with Crippen LogP contribution in [0.15, 0.2) is 16.2 Å². The summed E-state index contributed by atoms with van der Waals surface area (Å²) in [4.78, 5) is 21.7. The van der Waals surface area contributed by atoms with Crippen molar-refractivity contribution < 1.29 is 0 Å². The van der Waals surface area contributed by atoms with Gasteiger partial charge >= 0.3 is 0 Å². The van der Waals surface area contributed by atoms with Crippen LogP contribution in [0.1, 0.15) is 25.6 Å². The Morgan fingerprint density at radius 2 is 2.29 bits per heavy atom. The van der Waals surface area contributed by atoms with Crippen LogP contribution in [-0.4, -0.2) is 41.0 Å². The van der Waals surface area contributed by atoms with Crippen molar-refractivity contribution in [2.24, 2.45) is 5.92 Å². The van der Waals surface area contributed by atoms with Gasteiger partial charge in [-0.1, -0.05) is 6.92 Å². The molecule has 0 bridgehead atoms. The lowest BCUT2D eigenvalue weighted by Gasteiger charge is -2.20. The summed E-state index contributed by atoms with van der Waals surface area (Å²) in [7, 11) is 0. The van der Waals surface area contributed by atoms with Crippen LogP contribution in [0, 0.1) is 5.92 Å². The number of nitrogens with zero attached hydrogens (tertiary/aromatic N) is 2. The first-order valence-electron chi connectivity index (χ1n) is 7.62. The van der Waals surface area contributed by atoms with Crippen LogP contribution in [0.25, 0.3) is 10.2 Å². The molecule has 0 saturated carbocycles. The van der Waals surface area contributed by atoms with Gasteiger partial charge in [0.2, 0.25) is 0 Å². The maximum absolute atomic E-state index is 11.9. The highest BCUT2D eigenvalue weighted by Crippen LogP contribution is 2.13. The minimum absolute atomic E-state index is 0.0306. The van der Waals surface area contributed by atoms with E-state index in [1.54, 1.807) is 0 Å². The van der Waals surface area contributed by atoms with E-state index >= 15 is 0 Å². The average molecular weight is 306 g/mol. The predicted molar refractivity (Wildman–Crippen MR) is 86.8 cm³/mol. The number of thiophene rings is 1. The standard InChI is InChI=1S/C15H22N4OS/c1-11(10-19-5-2-3-6-19)8-16-9-13-17-12-4-7-21-14(12)15(20)18-13/h4,7,11,16H,2-3,5-6,8-10H2,1H3,(H,17,18,20). The number of rotatable bonds is 6. The first-order valence-corrected chi connectivity index (χ1v) is 8.50. The van der Waals surface area contributed by atoms with Gasteiger partial charge in [0.15, 0.2) is 0 Å². The lowest BCUT2D eigenvalue weighted by atomic mass is 10.1. The summed E-state index contributed by atoms with van der Waals surface area (Å²) in [6.45, 7) is 7.47. The molecule has 1 saturated heterocycles. The fourth-order valence-corrected chi connectivity index (χ4v) is 3.64. The Labute approximate surface area is 128 Å². The lowest BCUT2D eigenvalue weighted by Crippen LogP contribution is -2.32. The molecular formula is C15H22N4OS. The molecule has 2 aromatic heterocycles. The van der Waals surface area contributed by atoms with Gasteiger partial charge < -0.3 is 15.2 Å². The maximum atomic E-state index is 11.9. The summed E-state index contributed by atoms with van der Waals surface area (Å²) in [5.41, 5.74) is 0.766. The van der Waals surface area contributed by atoms with Crippen LogP contribution >= 0.6 is 11.3 Å². The van der Waals surface area contributed by atoms with Gasteiger partial charge in [-0.25, -0.2) is 4.98 Å². The van der Waals surface area contributed by atoms with Gasteiger partial charge in [-0.2, -0.15) is 0 Å². The van der Waals surface area contributed by atoms with Crippen molar-refractivity contribution in [3.63, 3.8) is 0 Å². The topological polar surface area (TPSA) is 61.0 Å². The molecule has 21 heavy (non-hydrogen) atoms. The van der Waals surface area contributed by atoms with Crippen LogP contribution in [0.3, 0.4) is 0 Å². The van der Waals surface area contributed by atoms with E-state index in [2.05, 4.69) is 27.1 Å². The molecule has 0 spiro atoms. The molecule has 1 aliphatic rings. The molecule has 3 rings (SSSR count). The zero-order chi connectivity index (χ0) is 14.7. The second-order valence-corrected chi connectivity index (χ2v) is 6.81. The number of likely N-dealkylation sites (tertiary alicyclic amines) is 1. The van der Waals surface area contributed by atoms with Crippen LogP contribution in [0.2, 0.25) is 0 Å². The number of aromatic amines is 1. The third kappa shape index (κ3) is 3.70. The number of H-pyrrole nitrogens is 1. The van der Waals surface area contributed by atoms with Crippen LogP contribution in [0.5, 0.6) is 0 Å². The monoisotopic (exact) mass is 306 g/mol. The van der Waals surface area contributed by atoms with Gasteiger partial charge in [0.1, 0.15) is 10.5 Å². The molecule has 1 atom stereocenters. The quantitative estimate of drug-likeness (QED) is 0.854. The van der Waals surface area contributed by atoms with Crippen LogP contribution in [0.4, 0.5) is 0 Å². The number of nitrogens with one attached hydrogen (secondary N) is 2. The van der Waals surface area contributed by atoms with E-state index in [-0.39, 0.29) is 5.56 Å². The van der Waals surface area contributed by atoms with Crippen molar-refractivity contribution in [1.82, 2.24) is 20.2 Å². The molecule has 1 unspecified atom stereocenters. The molecule has 1 fully saturated rings. The summed E-state index contributed by atoms with van der Waals surface area (Å²) < 4.78 is 0.709. The highest BCUT2D eigenvalue weighted by atomic mass is 32.1. The smallest absolute Gasteiger partial charge is 0.268 e. The van der Waals surface area contributed by atoms with E-state index in [9.17, 15) is 4.79 Å². The van der Waals surface area contributed by atoms with Gasteiger partial charge in [0.05, 0.1) is 12.1 Å². The molecule has 0 aliphatic carbocycles. The third-order valence-electron chi connectivity index (χ3n) is 3.92. The largest absolute Gasteiger partial charge is 0.310 e. The van der Waals surface area contributed by atoms with E-state index < -0.39 is 0 Å². The fourth-order valence-electron chi connectivity index (χ4n) is 2.91. The summed E-state index contributed by atoms with van der Waals surface area (Å²) in [6, 6.07) is 1.90. The molecule has 2 N–H and O–H groups in total. The zero-order valence-corrected chi connectivity index (χ0v) is 13.2. The summed E-state index contributed by atoms with van der Waals surface area (Å²) in [5.74, 6) is 1.33. The predicted octanol–water partition coefficient (Wildman–Crippen LogP) is 1.81. The second kappa shape index (κ2) is 6.68. The van der Waals surface area contributed by atoms with Gasteiger partial charge in [0, 0.05) is 6.54 Å². The Bertz CT molecular complexity index is 644. The zero-order valence-electron chi connectivity index (χ0n) is 12.4. The molecule has 3 heterocycles. The van der Waals surface area contributed by atoms with E-state index in [1.165, 1.54) is 37.3 Å². The van der Waals surface area contributed by atoms with Gasteiger partial charge in [-0.15, -0.1) is 11.3 Å². The van der Waals surface area contributed by atoms with E-state index in [0.717, 1.165) is 24.4 Å². The molecule has 1 aliphatic heterocycles. The maximum Gasteiger partial charge on any atom is 0.268 e.